The van der Waals surface area contributed by atoms with Gasteiger partial charge in [-0.15, -0.1) is 0 Å². The van der Waals surface area contributed by atoms with Crippen molar-refractivity contribution in [3.05, 3.63) is 59.3 Å². The maximum atomic E-state index is 13.5. The second-order valence-electron chi connectivity index (χ2n) is 8.20. The third kappa shape index (κ3) is 2.78. The molecule has 154 valence electrons. The normalized spacial score (nSPS) is 19.3. The Morgan fingerprint density at radius 1 is 1.20 bits per heavy atom. The highest BCUT2D eigenvalue weighted by molar-refractivity contribution is 6.05. The highest BCUT2D eigenvalue weighted by atomic mass is 16.5. The molecule has 0 aliphatic carbocycles. The highest BCUT2D eigenvalue weighted by Crippen LogP contribution is 2.36. The summed E-state index contributed by atoms with van der Waals surface area (Å²) in [4.78, 5) is 33.4. The van der Waals surface area contributed by atoms with Gasteiger partial charge in [-0.05, 0) is 38.5 Å². The maximum Gasteiger partial charge on any atom is 0.268 e. The van der Waals surface area contributed by atoms with Gasteiger partial charge in [0.25, 0.3) is 5.91 Å². The lowest BCUT2D eigenvalue weighted by molar-refractivity contribution is -0.136. The lowest BCUT2D eigenvalue weighted by Gasteiger charge is -2.38. The summed E-state index contributed by atoms with van der Waals surface area (Å²) in [5.74, 6) is 0.409. The van der Waals surface area contributed by atoms with E-state index in [1.165, 1.54) is 22.2 Å². The van der Waals surface area contributed by atoms with Crippen LogP contribution in [-0.2, 0) is 22.6 Å². The molecule has 6 heteroatoms. The summed E-state index contributed by atoms with van der Waals surface area (Å²) in [7, 11) is 0. The van der Waals surface area contributed by atoms with Crippen LogP contribution in [0.15, 0.2) is 42.5 Å². The van der Waals surface area contributed by atoms with Crippen molar-refractivity contribution in [2.75, 3.05) is 11.4 Å². The van der Waals surface area contributed by atoms with E-state index in [2.05, 4.69) is 30.1 Å². The van der Waals surface area contributed by atoms with Crippen molar-refractivity contribution >= 4 is 28.4 Å². The number of carbonyl (C=O) groups is 2. The van der Waals surface area contributed by atoms with Gasteiger partial charge < -0.3 is 14.6 Å². The van der Waals surface area contributed by atoms with Crippen molar-refractivity contribution < 1.29 is 14.3 Å². The Morgan fingerprint density at radius 2 is 2.00 bits per heavy atom. The lowest BCUT2D eigenvalue weighted by Crippen LogP contribution is -2.55. The largest absolute Gasteiger partial charge is 0.479 e. The number of nitrogens with one attached hydrogen (secondary N) is 1. The lowest BCUT2D eigenvalue weighted by atomic mass is 10.0. The Balaban J connectivity index is 1.45. The minimum atomic E-state index is -0.611. The zero-order valence-corrected chi connectivity index (χ0v) is 17.4. The van der Waals surface area contributed by atoms with Crippen molar-refractivity contribution in [3.8, 4) is 5.75 Å². The molecule has 3 heterocycles. The number of hydrogen-bond donors (Lipinski definition) is 1. The molecule has 0 fully saturated rings. The van der Waals surface area contributed by atoms with Crippen LogP contribution in [0.1, 0.15) is 30.7 Å². The van der Waals surface area contributed by atoms with E-state index in [4.69, 9.17) is 4.74 Å². The first-order chi connectivity index (χ1) is 14.5. The Morgan fingerprint density at radius 3 is 2.83 bits per heavy atom. The summed E-state index contributed by atoms with van der Waals surface area (Å²) in [5.41, 5.74) is 5.40. The zero-order valence-electron chi connectivity index (χ0n) is 17.4. The molecule has 2 unspecified atom stereocenters. The molecule has 2 aliphatic heterocycles. The average molecular weight is 403 g/mol. The van der Waals surface area contributed by atoms with Crippen molar-refractivity contribution in [3.63, 3.8) is 0 Å². The fraction of sp³-hybridized carbons (Fsp3) is 0.333. The molecular formula is C24H25N3O3. The molecule has 2 aromatic carbocycles. The summed E-state index contributed by atoms with van der Waals surface area (Å²) < 4.78 is 5.72. The average Bonchev–Trinajstić information content (AvgIpc) is 3.13. The first-order valence-corrected chi connectivity index (χ1v) is 10.4. The smallest absolute Gasteiger partial charge is 0.268 e. The summed E-state index contributed by atoms with van der Waals surface area (Å²) in [6.07, 6.45) is 0.172. The van der Waals surface area contributed by atoms with Gasteiger partial charge in [0, 0.05) is 41.7 Å². The molecule has 6 nitrogen and oxygen atoms in total. The number of fused-ring (bicyclic) bond motifs is 4. The third-order valence-corrected chi connectivity index (χ3v) is 6.29. The van der Waals surface area contributed by atoms with Crippen LogP contribution in [0.4, 0.5) is 5.69 Å². The molecule has 1 aromatic heterocycles. The van der Waals surface area contributed by atoms with Gasteiger partial charge >= 0.3 is 0 Å². The number of para-hydroxylation sites is 3. The van der Waals surface area contributed by atoms with E-state index >= 15 is 0 Å². The summed E-state index contributed by atoms with van der Waals surface area (Å²) in [6.45, 7) is 6.82. The number of rotatable bonds is 2. The molecule has 0 saturated carbocycles. The van der Waals surface area contributed by atoms with Crippen LogP contribution in [0, 0.1) is 6.92 Å². The van der Waals surface area contributed by atoms with Gasteiger partial charge in [0.15, 0.2) is 6.10 Å². The second-order valence-corrected chi connectivity index (χ2v) is 8.20. The molecule has 0 saturated heterocycles. The van der Waals surface area contributed by atoms with E-state index in [1.807, 2.05) is 36.1 Å². The van der Waals surface area contributed by atoms with Crippen LogP contribution in [0.3, 0.4) is 0 Å². The Labute approximate surface area is 175 Å². The van der Waals surface area contributed by atoms with Crippen LogP contribution in [0.5, 0.6) is 5.75 Å². The molecule has 30 heavy (non-hydrogen) atoms. The topological polar surface area (TPSA) is 65.6 Å². The summed E-state index contributed by atoms with van der Waals surface area (Å²) in [6, 6.07) is 13.1. The SMILES string of the molecule is Cc1cccc2c3c([nH]c12)CCN(C(=O)C(C)N1C(=O)C(C)Oc2ccccc21)C3. The van der Waals surface area contributed by atoms with Gasteiger partial charge in [-0.25, -0.2) is 0 Å². The molecule has 2 amide bonds. The van der Waals surface area contributed by atoms with Crippen LogP contribution >= 0.6 is 0 Å². The number of anilines is 1. The number of nitrogens with zero attached hydrogens (tertiary/aromatic N) is 2. The molecular weight excluding hydrogens is 378 g/mol. The number of H-pyrrole nitrogens is 1. The number of aryl methyl sites for hydroxylation is 1. The Kier molecular flexibility index (Phi) is 4.31. The minimum absolute atomic E-state index is 0.0418. The van der Waals surface area contributed by atoms with Crippen LogP contribution < -0.4 is 9.64 Å². The fourth-order valence-electron chi connectivity index (χ4n) is 4.66. The number of amides is 2. The maximum absolute atomic E-state index is 13.5. The Hall–Kier alpha value is -3.28. The first-order valence-electron chi connectivity index (χ1n) is 10.4. The molecule has 5 rings (SSSR count). The summed E-state index contributed by atoms with van der Waals surface area (Å²) >= 11 is 0. The fourth-order valence-corrected chi connectivity index (χ4v) is 4.66. The second kappa shape index (κ2) is 6.90. The van der Waals surface area contributed by atoms with Crippen molar-refractivity contribution in [2.24, 2.45) is 0 Å². The number of ether oxygens (including phenoxy) is 1. The van der Waals surface area contributed by atoms with Gasteiger partial charge in [-0.2, -0.15) is 0 Å². The van der Waals surface area contributed by atoms with E-state index in [1.54, 1.807) is 11.8 Å². The zero-order chi connectivity index (χ0) is 21.0. The molecule has 1 N–H and O–H groups in total. The molecule has 2 aliphatic rings. The molecule has 0 radical (unpaired) electrons. The molecule has 0 spiro atoms. The number of benzene rings is 2. The third-order valence-electron chi connectivity index (χ3n) is 6.29. The van der Waals surface area contributed by atoms with Gasteiger partial charge in [0.2, 0.25) is 5.91 Å². The van der Waals surface area contributed by atoms with E-state index < -0.39 is 12.1 Å². The predicted molar refractivity (Wildman–Crippen MR) is 116 cm³/mol. The predicted octanol–water partition coefficient (Wildman–Crippen LogP) is 3.56. The van der Waals surface area contributed by atoms with E-state index in [-0.39, 0.29) is 11.8 Å². The van der Waals surface area contributed by atoms with E-state index in [0.29, 0.717) is 24.5 Å². The van der Waals surface area contributed by atoms with Crippen LogP contribution in [0.25, 0.3) is 10.9 Å². The van der Waals surface area contributed by atoms with Crippen molar-refractivity contribution in [2.45, 2.75) is 45.9 Å². The van der Waals surface area contributed by atoms with Gasteiger partial charge in [0.1, 0.15) is 11.8 Å². The van der Waals surface area contributed by atoms with Crippen molar-refractivity contribution in [1.29, 1.82) is 0 Å². The number of hydrogen-bond acceptors (Lipinski definition) is 3. The number of carbonyl (C=O) groups excluding carboxylic acids is 2. The van der Waals surface area contributed by atoms with Gasteiger partial charge in [-0.3, -0.25) is 14.5 Å². The van der Waals surface area contributed by atoms with Gasteiger partial charge in [0.05, 0.1) is 5.69 Å². The highest BCUT2D eigenvalue weighted by Gasteiger charge is 2.39. The number of aromatic amines is 1. The van der Waals surface area contributed by atoms with Crippen LogP contribution in [-0.4, -0.2) is 40.4 Å². The van der Waals surface area contributed by atoms with Gasteiger partial charge in [-0.1, -0.05) is 30.3 Å². The van der Waals surface area contributed by atoms with Crippen molar-refractivity contribution in [1.82, 2.24) is 9.88 Å². The first kappa shape index (κ1) is 18.7. The molecule has 0 bridgehead atoms. The minimum Gasteiger partial charge on any atom is -0.479 e. The Bertz CT molecular complexity index is 1170. The van der Waals surface area contributed by atoms with Crippen LogP contribution in [0.2, 0.25) is 0 Å². The van der Waals surface area contributed by atoms with E-state index in [0.717, 1.165) is 11.9 Å². The number of aromatic nitrogens is 1. The van der Waals surface area contributed by atoms with E-state index in [9.17, 15) is 9.59 Å². The molecule has 2 atom stereocenters. The monoisotopic (exact) mass is 403 g/mol. The summed E-state index contributed by atoms with van der Waals surface area (Å²) in [5, 5.41) is 1.18. The molecule has 3 aromatic rings. The standard InChI is InChI=1S/C24H25N3O3/c1-14-7-6-8-17-18-13-26(12-11-19(18)25-22(14)17)23(28)15(2)27-20-9-4-5-10-21(20)30-16(3)24(27)29/h4-10,15-16,25H,11-13H2,1-3H3. The quantitative estimate of drug-likeness (QED) is 0.712.